The van der Waals surface area contributed by atoms with E-state index in [1.54, 1.807) is 0 Å². The minimum atomic E-state index is 0.0789. The van der Waals surface area contributed by atoms with E-state index in [-0.39, 0.29) is 22.8 Å². The van der Waals surface area contributed by atoms with Crippen LogP contribution in [0.5, 0.6) is 0 Å². The van der Waals surface area contributed by atoms with Gasteiger partial charge in [0, 0.05) is 5.75 Å². The summed E-state index contributed by atoms with van der Waals surface area (Å²) in [5.74, 6) is 0.602. The summed E-state index contributed by atoms with van der Waals surface area (Å²) < 4.78 is 4.46. The first-order valence-corrected chi connectivity index (χ1v) is 5.94. The van der Waals surface area contributed by atoms with Crippen LogP contribution in [-0.2, 0) is 5.75 Å². The van der Waals surface area contributed by atoms with Crippen molar-refractivity contribution in [1.29, 1.82) is 10.5 Å². The monoisotopic (exact) mass is 273 g/mol. The quantitative estimate of drug-likeness (QED) is 0.768. The Balaban J connectivity index is 2.26. The van der Waals surface area contributed by atoms with E-state index in [1.165, 1.54) is 17.8 Å². The molecule has 0 unspecified atom stereocenters. The molecule has 0 aliphatic carbocycles. The van der Waals surface area contributed by atoms with Crippen LogP contribution >= 0.6 is 11.8 Å². The molecule has 0 aliphatic rings. The highest BCUT2D eigenvalue weighted by Gasteiger charge is 2.13. The van der Waals surface area contributed by atoms with Crippen molar-refractivity contribution in [2.24, 2.45) is 0 Å². The smallest absolute Gasteiger partial charge is 0.192 e. The molecule has 0 saturated heterocycles. The molecule has 19 heavy (non-hydrogen) atoms. The number of nitrogen functional groups attached to an aromatic ring is 2. The van der Waals surface area contributed by atoms with Gasteiger partial charge in [0.15, 0.2) is 5.82 Å². The van der Waals surface area contributed by atoms with E-state index < -0.39 is 0 Å². The number of nitrogens with two attached hydrogens (primary N) is 2. The van der Waals surface area contributed by atoms with Gasteiger partial charge in [-0.3, -0.25) is 0 Å². The zero-order valence-electron chi connectivity index (χ0n) is 9.49. The molecule has 94 valence electrons. The highest BCUT2D eigenvalue weighted by Crippen LogP contribution is 2.27. The van der Waals surface area contributed by atoms with Crippen molar-refractivity contribution in [3.05, 3.63) is 22.9 Å². The minimum Gasteiger partial charge on any atom is -0.383 e. The number of rotatable bonds is 3. The Kier molecular flexibility index (Phi) is 3.50. The average molecular weight is 273 g/mol. The van der Waals surface area contributed by atoms with Gasteiger partial charge in [-0.1, -0.05) is 16.9 Å². The van der Waals surface area contributed by atoms with Crippen molar-refractivity contribution >= 4 is 23.4 Å². The Labute approximate surface area is 112 Å². The van der Waals surface area contributed by atoms with Gasteiger partial charge in [-0.2, -0.15) is 10.5 Å². The van der Waals surface area contributed by atoms with E-state index in [0.717, 1.165) is 0 Å². The number of nitriles is 2. The standard InChI is InChI=1S/C10H7N7OS/c11-2-5-1-6(3-12)10(15-8(5)13)19-4-7-9(14)17-18-16-7/h1H,4H2,(H2,13,15)(H2,14,17). The molecule has 0 amide bonds. The van der Waals surface area contributed by atoms with E-state index >= 15 is 0 Å². The summed E-state index contributed by atoms with van der Waals surface area (Å²) in [5.41, 5.74) is 12.0. The molecule has 0 fully saturated rings. The Morgan fingerprint density at radius 3 is 2.47 bits per heavy atom. The summed E-state index contributed by atoms with van der Waals surface area (Å²) in [5, 5.41) is 25.3. The van der Waals surface area contributed by atoms with Gasteiger partial charge in [0.05, 0.1) is 11.1 Å². The van der Waals surface area contributed by atoms with Crippen LogP contribution in [0, 0.1) is 22.7 Å². The summed E-state index contributed by atoms with van der Waals surface area (Å²) in [6.45, 7) is 0. The van der Waals surface area contributed by atoms with E-state index in [0.29, 0.717) is 16.5 Å². The molecular weight excluding hydrogens is 266 g/mol. The van der Waals surface area contributed by atoms with Gasteiger partial charge in [-0.05, 0) is 11.2 Å². The fraction of sp³-hybridized carbons (Fsp3) is 0.100. The third-order valence-corrected chi connectivity index (χ3v) is 3.19. The van der Waals surface area contributed by atoms with Gasteiger partial charge >= 0.3 is 0 Å². The number of aromatic nitrogens is 3. The van der Waals surface area contributed by atoms with Gasteiger partial charge in [-0.15, -0.1) is 0 Å². The van der Waals surface area contributed by atoms with Gasteiger partial charge < -0.3 is 11.5 Å². The normalized spacial score (nSPS) is 9.79. The fourth-order valence-corrected chi connectivity index (χ4v) is 2.14. The summed E-state index contributed by atoms with van der Waals surface area (Å²) in [7, 11) is 0. The minimum absolute atomic E-state index is 0.0789. The summed E-state index contributed by atoms with van der Waals surface area (Å²) in [4.78, 5) is 4.02. The molecule has 2 heterocycles. The number of hydrogen-bond donors (Lipinski definition) is 2. The molecule has 0 bridgehead atoms. The second-order valence-electron chi connectivity index (χ2n) is 3.38. The van der Waals surface area contributed by atoms with Crippen LogP contribution in [-0.4, -0.2) is 15.3 Å². The summed E-state index contributed by atoms with van der Waals surface area (Å²) in [6, 6.07) is 5.23. The summed E-state index contributed by atoms with van der Waals surface area (Å²) in [6.07, 6.45) is 0. The van der Waals surface area contributed by atoms with E-state index in [1.807, 2.05) is 12.1 Å². The molecule has 2 rings (SSSR count). The van der Waals surface area contributed by atoms with Crippen LogP contribution in [0.25, 0.3) is 0 Å². The van der Waals surface area contributed by atoms with Gasteiger partial charge in [-0.25, -0.2) is 9.61 Å². The van der Waals surface area contributed by atoms with Gasteiger partial charge in [0.25, 0.3) is 0 Å². The van der Waals surface area contributed by atoms with Crippen LogP contribution < -0.4 is 11.5 Å². The van der Waals surface area contributed by atoms with Crippen LogP contribution in [0.3, 0.4) is 0 Å². The third kappa shape index (κ3) is 2.56. The predicted octanol–water partition coefficient (Wildman–Crippen LogP) is 0.665. The van der Waals surface area contributed by atoms with Crippen LogP contribution in [0.2, 0.25) is 0 Å². The zero-order chi connectivity index (χ0) is 13.8. The maximum Gasteiger partial charge on any atom is 0.192 e. The lowest BCUT2D eigenvalue weighted by Gasteiger charge is -2.04. The molecule has 0 saturated carbocycles. The van der Waals surface area contributed by atoms with Crippen molar-refractivity contribution in [3.8, 4) is 12.1 Å². The molecule has 2 aromatic heterocycles. The molecule has 8 nitrogen and oxygen atoms in total. The van der Waals surface area contributed by atoms with Gasteiger partial charge in [0.1, 0.15) is 28.7 Å². The predicted molar refractivity (Wildman–Crippen MR) is 66.4 cm³/mol. The Morgan fingerprint density at radius 2 is 1.89 bits per heavy atom. The van der Waals surface area contributed by atoms with Crippen molar-refractivity contribution < 1.29 is 4.63 Å². The molecule has 0 radical (unpaired) electrons. The number of hydrogen-bond acceptors (Lipinski definition) is 9. The first-order valence-electron chi connectivity index (χ1n) is 4.96. The largest absolute Gasteiger partial charge is 0.383 e. The lowest BCUT2D eigenvalue weighted by atomic mass is 10.2. The Hall–Kier alpha value is -2.78. The molecule has 0 spiro atoms. The highest BCUT2D eigenvalue weighted by atomic mass is 32.2. The van der Waals surface area contributed by atoms with Crippen molar-refractivity contribution in [2.75, 3.05) is 11.5 Å². The SMILES string of the molecule is N#Cc1cc(C#N)c(SCc2nonc2N)nc1N. The van der Waals surface area contributed by atoms with Crippen LogP contribution in [0.4, 0.5) is 11.6 Å². The molecule has 2 aromatic rings. The second kappa shape index (κ2) is 5.25. The first-order chi connectivity index (χ1) is 9.15. The van der Waals surface area contributed by atoms with E-state index in [9.17, 15) is 0 Å². The van der Waals surface area contributed by atoms with Gasteiger partial charge in [0.2, 0.25) is 0 Å². The molecule has 9 heteroatoms. The van der Waals surface area contributed by atoms with Crippen molar-refractivity contribution in [2.45, 2.75) is 10.8 Å². The first kappa shape index (κ1) is 12.7. The topological polar surface area (TPSA) is 151 Å². The average Bonchev–Trinajstić information content (AvgIpc) is 2.82. The lowest BCUT2D eigenvalue weighted by molar-refractivity contribution is 0.306. The zero-order valence-corrected chi connectivity index (χ0v) is 10.3. The maximum absolute atomic E-state index is 9.02. The lowest BCUT2D eigenvalue weighted by Crippen LogP contribution is -1.99. The Morgan fingerprint density at radius 1 is 1.16 bits per heavy atom. The molecule has 0 aromatic carbocycles. The maximum atomic E-state index is 9.02. The third-order valence-electron chi connectivity index (χ3n) is 2.19. The second-order valence-corrected chi connectivity index (χ2v) is 4.35. The number of nitrogens with zero attached hydrogens (tertiary/aromatic N) is 5. The van der Waals surface area contributed by atoms with E-state index in [4.69, 9.17) is 22.0 Å². The molecule has 4 N–H and O–H groups in total. The molecule has 0 atom stereocenters. The fourth-order valence-electron chi connectivity index (χ4n) is 1.24. The number of anilines is 2. The van der Waals surface area contributed by atoms with Crippen molar-refractivity contribution in [1.82, 2.24) is 15.3 Å². The molecule has 0 aliphatic heterocycles. The van der Waals surface area contributed by atoms with Crippen molar-refractivity contribution in [3.63, 3.8) is 0 Å². The van der Waals surface area contributed by atoms with Crippen LogP contribution in [0.1, 0.15) is 16.8 Å². The van der Waals surface area contributed by atoms with E-state index in [2.05, 4.69) is 19.9 Å². The Bertz CT molecular complexity index is 697. The number of thioether (sulfide) groups is 1. The molecular formula is C10H7N7OS. The number of pyridine rings is 1. The highest BCUT2D eigenvalue weighted by molar-refractivity contribution is 7.98. The summed E-state index contributed by atoms with van der Waals surface area (Å²) >= 11 is 1.21. The van der Waals surface area contributed by atoms with Crippen LogP contribution in [0.15, 0.2) is 15.7 Å².